The third-order valence-electron chi connectivity index (χ3n) is 3.47. The van der Waals surface area contributed by atoms with E-state index in [9.17, 15) is 20.0 Å². The van der Waals surface area contributed by atoms with Crippen molar-refractivity contribution in [3.8, 4) is 5.75 Å². The van der Waals surface area contributed by atoms with Gasteiger partial charge in [-0.05, 0) is 50.2 Å². The van der Waals surface area contributed by atoms with Crippen LogP contribution in [-0.2, 0) is 4.79 Å². The fourth-order valence-corrected chi connectivity index (χ4v) is 2.29. The number of aryl methyl sites for hydroxylation is 1. The van der Waals surface area contributed by atoms with E-state index in [1.165, 1.54) is 25.1 Å². The molecule has 2 N–H and O–H groups in total. The summed E-state index contributed by atoms with van der Waals surface area (Å²) in [6.07, 6.45) is 0. The van der Waals surface area contributed by atoms with Crippen LogP contribution in [0, 0.1) is 17.0 Å². The first-order valence-electron chi connectivity index (χ1n) is 7.36. The van der Waals surface area contributed by atoms with Crippen molar-refractivity contribution in [3.05, 3.63) is 62.6 Å². The van der Waals surface area contributed by atoms with Crippen molar-refractivity contribution in [3.63, 3.8) is 0 Å². The van der Waals surface area contributed by atoms with Crippen LogP contribution in [0.5, 0.6) is 5.75 Å². The van der Waals surface area contributed by atoms with E-state index >= 15 is 0 Å². The van der Waals surface area contributed by atoms with Gasteiger partial charge in [0.15, 0.2) is 5.60 Å². The lowest BCUT2D eigenvalue weighted by Crippen LogP contribution is -2.45. The van der Waals surface area contributed by atoms with Gasteiger partial charge in [-0.2, -0.15) is 0 Å². The maximum atomic E-state index is 12.3. The lowest BCUT2D eigenvalue weighted by molar-refractivity contribution is -0.385. The first kappa shape index (κ1) is 18.9. The molecule has 0 aliphatic carbocycles. The summed E-state index contributed by atoms with van der Waals surface area (Å²) in [5.74, 6) is -0.152. The second-order valence-corrected chi connectivity index (χ2v) is 6.64. The number of ether oxygens (including phenoxy) is 1. The Balaban J connectivity index is 2.01. The summed E-state index contributed by atoms with van der Waals surface area (Å²) in [7, 11) is 0. The maximum absolute atomic E-state index is 12.3. The van der Waals surface area contributed by atoms with Gasteiger partial charge in [0.05, 0.1) is 4.92 Å². The van der Waals surface area contributed by atoms with Crippen molar-refractivity contribution in [1.29, 1.82) is 0 Å². The van der Waals surface area contributed by atoms with Gasteiger partial charge >= 0.3 is 0 Å². The van der Waals surface area contributed by atoms with E-state index in [1.54, 1.807) is 31.2 Å². The van der Waals surface area contributed by atoms with E-state index in [1.807, 2.05) is 0 Å². The third kappa shape index (κ3) is 5.01. The van der Waals surface area contributed by atoms with Crippen LogP contribution in [0.15, 0.2) is 46.9 Å². The Morgan fingerprint density at radius 1 is 1.32 bits per heavy atom. The Morgan fingerprint density at radius 2 is 1.96 bits per heavy atom. The molecule has 1 unspecified atom stereocenters. The molecular weight excluding hydrogens is 392 g/mol. The number of amides is 1. The first-order chi connectivity index (χ1) is 11.7. The largest absolute Gasteiger partial charge is 0.490 e. The van der Waals surface area contributed by atoms with Gasteiger partial charge in [-0.1, -0.05) is 15.9 Å². The SMILES string of the molecule is Cc1cc(NC(=O)C(C)(O)COc2ccc(Br)cc2)ccc1[N+](=O)[O-]. The van der Waals surface area contributed by atoms with Crippen LogP contribution in [0.1, 0.15) is 12.5 Å². The first-order valence-corrected chi connectivity index (χ1v) is 8.15. The lowest BCUT2D eigenvalue weighted by atomic mass is 10.1. The van der Waals surface area contributed by atoms with Crippen molar-refractivity contribution in [2.75, 3.05) is 11.9 Å². The number of nitrogens with zero attached hydrogens (tertiary/aromatic N) is 1. The molecule has 132 valence electrons. The number of hydrogen-bond donors (Lipinski definition) is 2. The highest BCUT2D eigenvalue weighted by atomic mass is 79.9. The van der Waals surface area contributed by atoms with E-state index in [0.29, 0.717) is 17.0 Å². The Hall–Kier alpha value is -2.45. The number of carbonyl (C=O) groups is 1. The molecule has 0 heterocycles. The number of nitro benzene ring substituents is 1. The summed E-state index contributed by atoms with van der Waals surface area (Å²) in [4.78, 5) is 22.6. The van der Waals surface area contributed by atoms with E-state index in [4.69, 9.17) is 4.74 Å². The Kier molecular flexibility index (Phi) is 5.76. The number of carbonyl (C=O) groups excluding carboxylic acids is 1. The molecule has 1 atom stereocenters. The van der Waals surface area contributed by atoms with Crippen LogP contribution in [-0.4, -0.2) is 28.1 Å². The number of benzene rings is 2. The summed E-state index contributed by atoms with van der Waals surface area (Å²) in [5, 5.41) is 23.7. The van der Waals surface area contributed by atoms with Crippen molar-refractivity contribution in [2.45, 2.75) is 19.4 Å². The van der Waals surface area contributed by atoms with E-state index in [2.05, 4.69) is 21.2 Å². The number of nitro groups is 1. The third-order valence-corrected chi connectivity index (χ3v) is 4.00. The molecule has 2 aromatic carbocycles. The highest BCUT2D eigenvalue weighted by Gasteiger charge is 2.31. The molecule has 8 heteroatoms. The minimum absolute atomic E-state index is 0.0386. The van der Waals surface area contributed by atoms with Gasteiger partial charge < -0.3 is 15.2 Å². The van der Waals surface area contributed by atoms with Crippen molar-refractivity contribution < 1.29 is 19.6 Å². The number of rotatable bonds is 6. The monoisotopic (exact) mass is 408 g/mol. The van der Waals surface area contributed by atoms with Crippen molar-refractivity contribution >= 4 is 33.2 Å². The van der Waals surface area contributed by atoms with Gasteiger partial charge in [0.1, 0.15) is 12.4 Å². The van der Waals surface area contributed by atoms with Crippen molar-refractivity contribution in [1.82, 2.24) is 0 Å². The molecule has 0 radical (unpaired) electrons. The summed E-state index contributed by atoms with van der Waals surface area (Å²) in [6, 6.07) is 11.2. The molecule has 0 bridgehead atoms. The van der Waals surface area contributed by atoms with Crippen LogP contribution in [0.2, 0.25) is 0 Å². The molecule has 0 saturated heterocycles. The molecule has 0 aliphatic heterocycles. The highest BCUT2D eigenvalue weighted by Crippen LogP contribution is 2.23. The Labute approximate surface area is 152 Å². The molecule has 1 amide bonds. The molecule has 0 saturated carbocycles. The number of nitrogens with one attached hydrogen (secondary N) is 1. The van der Waals surface area contributed by atoms with E-state index in [-0.39, 0.29) is 12.3 Å². The Morgan fingerprint density at radius 3 is 2.52 bits per heavy atom. The zero-order chi connectivity index (χ0) is 18.6. The minimum atomic E-state index is -1.78. The molecule has 2 rings (SSSR count). The lowest BCUT2D eigenvalue weighted by Gasteiger charge is -2.22. The average molecular weight is 409 g/mol. The normalized spacial score (nSPS) is 13.0. The molecular formula is C17H17BrN2O5. The van der Waals surface area contributed by atoms with Gasteiger partial charge in [-0.15, -0.1) is 0 Å². The average Bonchev–Trinajstić information content (AvgIpc) is 2.54. The maximum Gasteiger partial charge on any atom is 0.272 e. The minimum Gasteiger partial charge on any atom is -0.490 e. The molecule has 0 fully saturated rings. The molecule has 0 aromatic heterocycles. The zero-order valence-corrected chi connectivity index (χ0v) is 15.2. The van der Waals surface area contributed by atoms with Crippen LogP contribution >= 0.6 is 15.9 Å². The van der Waals surface area contributed by atoms with Gasteiger partial charge in [-0.3, -0.25) is 14.9 Å². The standard InChI is InChI=1S/C17H17BrN2O5/c1-11-9-13(5-8-15(11)20(23)24)19-16(21)17(2,22)10-25-14-6-3-12(18)4-7-14/h3-9,22H,10H2,1-2H3,(H,19,21). The topological polar surface area (TPSA) is 102 Å². The Bertz CT molecular complexity index is 790. The summed E-state index contributed by atoms with van der Waals surface area (Å²) >= 11 is 3.30. The molecule has 25 heavy (non-hydrogen) atoms. The number of aliphatic hydroxyl groups is 1. The summed E-state index contributed by atoms with van der Waals surface area (Å²) in [5.41, 5.74) is -1.04. The fraction of sp³-hybridized carbons (Fsp3) is 0.235. The fourth-order valence-electron chi connectivity index (χ4n) is 2.02. The smallest absolute Gasteiger partial charge is 0.272 e. The van der Waals surface area contributed by atoms with E-state index < -0.39 is 16.4 Å². The summed E-state index contributed by atoms with van der Waals surface area (Å²) < 4.78 is 6.32. The molecule has 7 nitrogen and oxygen atoms in total. The van der Waals surface area contributed by atoms with Gasteiger partial charge in [-0.25, -0.2) is 0 Å². The van der Waals surface area contributed by atoms with Gasteiger partial charge in [0.2, 0.25) is 0 Å². The summed E-state index contributed by atoms with van der Waals surface area (Å²) in [6.45, 7) is 2.66. The van der Waals surface area contributed by atoms with Crippen LogP contribution in [0.25, 0.3) is 0 Å². The predicted octanol–water partition coefficient (Wildman–Crippen LogP) is 3.43. The predicted molar refractivity (Wildman–Crippen MR) is 96.7 cm³/mol. The van der Waals surface area contributed by atoms with E-state index in [0.717, 1.165) is 4.47 Å². The number of anilines is 1. The molecule has 2 aromatic rings. The molecule has 0 spiro atoms. The highest BCUT2D eigenvalue weighted by molar-refractivity contribution is 9.10. The van der Waals surface area contributed by atoms with Gasteiger partial charge in [0.25, 0.3) is 11.6 Å². The van der Waals surface area contributed by atoms with Crippen LogP contribution < -0.4 is 10.1 Å². The van der Waals surface area contributed by atoms with Crippen molar-refractivity contribution in [2.24, 2.45) is 0 Å². The van der Waals surface area contributed by atoms with Crippen LogP contribution in [0.4, 0.5) is 11.4 Å². The van der Waals surface area contributed by atoms with Gasteiger partial charge in [0, 0.05) is 21.8 Å². The molecule has 0 aliphatic rings. The second kappa shape index (κ2) is 7.62. The number of halogens is 1. The zero-order valence-electron chi connectivity index (χ0n) is 13.7. The van der Waals surface area contributed by atoms with Crippen LogP contribution in [0.3, 0.4) is 0 Å². The quantitative estimate of drug-likeness (QED) is 0.562. The second-order valence-electron chi connectivity index (χ2n) is 5.73. The number of hydrogen-bond acceptors (Lipinski definition) is 5.